The van der Waals surface area contributed by atoms with Crippen LogP contribution in [-0.2, 0) is 29.0 Å². The van der Waals surface area contributed by atoms with Crippen molar-refractivity contribution >= 4 is 29.1 Å². The zero-order chi connectivity index (χ0) is 23.0. The number of nitrogens with zero attached hydrogens (tertiary/aromatic N) is 1. The van der Waals surface area contributed by atoms with Crippen LogP contribution >= 0.6 is 11.6 Å². The SMILES string of the molecule is O=C(N[C@@H](Cc1ccc(Cl)cc1)C(=O)NCCCc1ccccc1)C1=NCc2ccccc21. The Morgan fingerprint density at radius 1 is 0.909 bits per heavy atom. The Hall–Kier alpha value is -3.44. The summed E-state index contributed by atoms with van der Waals surface area (Å²) in [5, 5.41) is 6.51. The first-order valence-corrected chi connectivity index (χ1v) is 11.5. The number of hydrogen-bond acceptors (Lipinski definition) is 3. The molecule has 5 nitrogen and oxygen atoms in total. The van der Waals surface area contributed by atoms with E-state index in [0.29, 0.717) is 30.2 Å². The summed E-state index contributed by atoms with van der Waals surface area (Å²) in [6, 6.07) is 24.4. The number of amides is 2. The van der Waals surface area contributed by atoms with Gasteiger partial charge in [0, 0.05) is 23.6 Å². The molecule has 0 unspecified atom stereocenters. The van der Waals surface area contributed by atoms with Gasteiger partial charge in [0.1, 0.15) is 11.8 Å². The third-order valence-corrected chi connectivity index (χ3v) is 5.91. The van der Waals surface area contributed by atoms with E-state index >= 15 is 0 Å². The summed E-state index contributed by atoms with van der Waals surface area (Å²) in [7, 11) is 0. The summed E-state index contributed by atoms with van der Waals surface area (Å²) in [6.07, 6.45) is 2.06. The second-order valence-electron chi connectivity index (χ2n) is 8.06. The van der Waals surface area contributed by atoms with Crippen LogP contribution in [0.15, 0.2) is 83.9 Å². The number of rotatable bonds is 9. The van der Waals surface area contributed by atoms with Gasteiger partial charge in [-0.25, -0.2) is 0 Å². The molecule has 33 heavy (non-hydrogen) atoms. The van der Waals surface area contributed by atoms with Crippen molar-refractivity contribution in [1.82, 2.24) is 10.6 Å². The molecular formula is C27H26ClN3O2. The molecule has 2 N–H and O–H groups in total. The number of aliphatic imine (C=N–C) groups is 1. The maximum absolute atomic E-state index is 13.0. The minimum Gasteiger partial charge on any atom is -0.354 e. The molecule has 0 saturated carbocycles. The molecule has 1 atom stereocenters. The summed E-state index contributed by atoms with van der Waals surface area (Å²) in [6.45, 7) is 1.01. The Balaban J connectivity index is 1.40. The molecule has 0 radical (unpaired) electrons. The molecule has 3 aromatic rings. The Kier molecular flexibility index (Phi) is 7.53. The average molecular weight is 460 g/mol. The van der Waals surface area contributed by atoms with Crippen LogP contribution in [0.25, 0.3) is 0 Å². The standard InChI is InChI=1S/C27H26ClN3O2/c28-22-14-12-20(13-15-22)17-24(26(32)29-16-6-9-19-7-2-1-3-8-19)31-27(33)25-23-11-5-4-10-21(23)18-30-25/h1-5,7-8,10-15,24H,6,9,16-18H2,(H,29,32)(H,31,33)/t24-/m0/s1. The largest absolute Gasteiger partial charge is 0.354 e. The van der Waals surface area contributed by atoms with Gasteiger partial charge < -0.3 is 10.6 Å². The molecule has 0 fully saturated rings. The second-order valence-corrected chi connectivity index (χ2v) is 8.50. The summed E-state index contributed by atoms with van der Waals surface area (Å²) < 4.78 is 0. The lowest BCUT2D eigenvalue weighted by Crippen LogP contribution is -2.50. The highest BCUT2D eigenvalue weighted by Gasteiger charge is 2.27. The van der Waals surface area contributed by atoms with E-state index in [4.69, 9.17) is 11.6 Å². The van der Waals surface area contributed by atoms with Crippen molar-refractivity contribution in [3.8, 4) is 0 Å². The molecule has 168 valence electrons. The van der Waals surface area contributed by atoms with E-state index in [1.807, 2.05) is 54.6 Å². The normalized spacial score (nSPS) is 13.1. The minimum atomic E-state index is -0.717. The molecule has 0 spiro atoms. The van der Waals surface area contributed by atoms with Gasteiger partial charge in [-0.1, -0.05) is 78.3 Å². The van der Waals surface area contributed by atoms with E-state index in [2.05, 4.69) is 27.8 Å². The van der Waals surface area contributed by atoms with Crippen LogP contribution in [-0.4, -0.2) is 30.1 Å². The number of aryl methyl sites for hydroxylation is 1. The van der Waals surface area contributed by atoms with Crippen molar-refractivity contribution < 1.29 is 9.59 Å². The molecule has 1 aliphatic heterocycles. The average Bonchev–Trinajstić information content (AvgIpc) is 3.28. The monoisotopic (exact) mass is 459 g/mol. The lowest BCUT2D eigenvalue weighted by molar-refractivity contribution is -0.126. The van der Waals surface area contributed by atoms with Crippen LogP contribution in [0.1, 0.15) is 28.7 Å². The molecule has 1 aliphatic rings. The fourth-order valence-corrected chi connectivity index (χ4v) is 4.02. The Labute approximate surface area is 198 Å². The van der Waals surface area contributed by atoms with Gasteiger partial charge in [-0.2, -0.15) is 0 Å². The predicted molar refractivity (Wildman–Crippen MR) is 132 cm³/mol. The number of benzene rings is 3. The van der Waals surface area contributed by atoms with E-state index in [-0.39, 0.29) is 11.8 Å². The van der Waals surface area contributed by atoms with E-state index in [9.17, 15) is 9.59 Å². The quantitative estimate of drug-likeness (QED) is 0.472. The van der Waals surface area contributed by atoms with Crippen LogP contribution in [0.2, 0.25) is 5.02 Å². The van der Waals surface area contributed by atoms with Gasteiger partial charge in [-0.3, -0.25) is 14.6 Å². The van der Waals surface area contributed by atoms with Gasteiger partial charge in [0.2, 0.25) is 5.91 Å². The summed E-state index contributed by atoms with van der Waals surface area (Å²) in [4.78, 5) is 30.5. The minimum absolute atomic E-state index is 0.210. The highest BCUT2D eigenvalue weighted by molar-refractivity contribution is 6.46. The van der Waals surface area contributed by atoms with Crippen molar-refractivity contribution in [2.75, 3.05) is 6.54 Å². The fraction of sp³-hybridized carbons (Fsp3) is 0.222. The Morgan fingerprint density at radius 2 is 1.64 bits per heavy atom. The van der Waals surface area contributed by atoms with Gasteiger partial charge in [0.15, 0.2) is 0 Å². The second kappa shape index (κ2) is 10.9. The zero-order valence-corrected chi connectivity index (χ0v) is 19.0. The van der Waals surface area contributed by atoms with Gasteiger partial charge in [0.25, 0.3) is 5.91 Å². The molecule has 0 aliphatic carbocycles. The molecule has 1 heterocycles. The van der Waals surface area contributed by atoms with Crippen LogP contribution in [0.5, 0.6) is 0 Å². The van der Waals surface area contributed by atoms with Gasteiger partial charge in [-0.15, -0.1) is 0 Å². The number of carbonyl (C=O) groups is 2. The highest BCUT2D eigenvalue weighted by Crippen LogP contribution is 2.19. The van der Waals surface area contributed by atoms with E-state index < -0.39 is 6.04 Å². The molecule has 6 heteroatoms. The molecule has 0 saturated heterocycles. The molecule has 0 aromatic heterocycles. The van der Waals surface area contributed by atoms with Crippen molar-refractivity contribution in [3.05, 3.63) is 106 Å². The third kappa shape index (κ3) is 6.08. The third-order valence-electron chi connectivity index (χ3n) is 5.65. The Bertz CT molecular complexity index is 1140. The van der Waals surface area contributed by atoms with Crippen molar-refractivity contribution in [2.24, 2.45) is 4.99 Å². The molecule has 0 bridgehead atoms. The lowest BCUT2D eigenvalue weighted by atomic mass is 10.0. The molecule has 4 rings (SSSR count). The number of nitrogens with one attached hydrogen (secondary N) is 2. The van der Waals surface area contributed by atoms with E-state index in [1.54, 1.807) is 12.1 Å². The van der Waals surface area contributed by atoms with Crippen molar-refractivity contribution in [2.45, 2.75) is 31.8 Å². The highest BCUT2D eigenvalue weighted by atomic mass is 35.5. The van der Waals surface area contributed by atoms with Crippen LogP contribution in [0.3, 0.4) is 0 Å². The zero-order valence-electron chi connectivity index (χ0n) is 18.3. The van der Waals surface area contributed by atoms with E-state index in [0.717, 1.165) is 29.5 Å². The van der Waals surface area contributed by atoms with Crippen LogP contribution < -0.4 is 10.6 Å². The van der Waals surface area contributed by atoms with Gasteiger partial charge >= 0.3 is 0 Å². The topological polar surface area (TPSA) is 70.6 Å². The first kappa shape index (κ1) is 22.7. The van der Waals surface area contributed by atoms with Crippen LogP contribution in [0, 0.1) is 0 Å². The number of halogens is 1. The maximum Gasteiger partial charge on any atom is 0.270 e. The smallest absolute Gasteiger partial charge is 0.270 e. The number of hydrogen-bond donors (Lipinski definition) is 2. The van der Waals surface area contributed by atoms with E-state index in [1.165, 1.54) is 5.56 Å². The maximum atomic E-state index is 13.0. The first-order chi connectivity index (χ1) is 16.1. The molecular weight excluding hydrogens is 434 g/mol. The Morgan fingerprint density at radius 3 is 2.42 bits per heavy atom. The van der Waals surface area contributed by atoms with Gasteiger partial charge in [-0.05, 0) is 41.7 Å². The van der Waals surface area contributed by atoms with Crippen LogP contribution in [0.4, 0.5) is 0 Å². The fourth-order valence-electron chi connectivity index (χ4n) is 3.90. The lowest BCUT2D eigenvalue weighted by Gasteiger charge is -2.19. The van der Waals surface area contributed by atoms with Crippen molar-refractivity contribution in [3.63, 3.8) is 0 Å². The summed E-state index contributed by atoms with van der Waals surface area (Å²) in [5.74, 6) is -0.545. The summed E-state index contributed by atoms with van der Waals surface area (Å²) >= 11 is 6.00. The van der Waals surface area contributed by atoms with Gasteiger partial charge in [0.05, 0.1) is 6.54 Å². The number of fused-ring (bicyclic) bond motifs is 1. The summed E-state index contributed by atoms with van der Waals surface area (Å²) in [5.41, 5.74) is 4.36. The number of carbonyl (C=O) groups excluding carboxylic acids is 2. The molecule has 2 amide bonds. The first-order valence-electron chi connectivity index (χ1n) is 11.1. The van der Waals surface area contributed by atoms with Crippen molar-refractivity contribution in [1.29, 1.82) is 0 Å². The molecule has 3 aromatic carbocycles. The predicted octanol–water partition coefficient (Wildman–Crippen LogP) is 4.12.